The van der Waals surface area contributed by atoms with Gasteiger partial charge in [-0.05, 0) is 50.2 Å². The van der Waals surface area contributed by atoms with Crippen molar-refractivity contribution < 1.29 is 19.1 Å². The van der Waals surface area contributed by atoms with Crippen molar-refractivity contribution in [2.45, 2.75) is 78.7 Å². The minimum atomic E-state index is -0.670. The Morgan fingerprint density at radius 2 is 1.78 bits per heavy atom. The molecule has 0 aromatic heterocycles. The number of ether oxygens (including phenoxy) is 1. The van der Waals surface area contributed by atoms with E-state index in [0.29, 0.717) is 35.0 Å². The zero-order valence-electron chi connectivity index (χ0n) is 22.5. The molecule has 1 heterocycles. The zero-order chi connectivity index (χ0) is 26.7. The quantitative estimate of drug-likeness (QED) is 0.486. The molecule has 0 radical (unpaired) electrons. The summed E-state index contributed by atoms with van der Waals surface area (Å²) in [7, 11) is 0. The van der Waals surface area contributed by atoms with E-state index in [4.69, 9.17) is 4.74 Å². The number of hydrazine groups is 1. The lowest BCUT2D eigenvalue weighted by atomic mass is 9.84. The van der Waals surface area contributed by atoms with Crippen molar-refractivity contribution in [1.29, 1.82) is 0 Å². The molecule has 36 heavy (non-hydrogen) atoms. The number of nitrogens with one attached hydrogen (secondary N) is 2. The van der Waals surface area contributed by atoms with Gasteiger partial charge < -0.3 is 10.1 Å². The van der Waals surface area contributed by atoms with Gasteiger partial charge in [-0.3, -0.25) is 14.6 Å². The summed E-state index contributed by atoms with van der Waals surface area (Å²) in [5.74, 6) is -0.501. The number of hydrogen-bond donors (Lipinski definition) is 2. The number of carbonyl (C=O) groups excluding carboxylic acids is 3. The normalized spacial score (nSPS) is 18.1. The Labute approximate surface area is 219 Å². The number of thioether (sulfide) groups is 1. The average Bonchev–Trinajstić information content (AvgIpc) is 3.18. The molecule has 0 spiro atoms. The second-order valence-electron chi connectivity index (χ2n) is 11.3. The molecule has 1 unspecified atom stereocenters. The summed E-state index contributed by atoms with van der Waals surface area (Å²) in [5.41, 5.74) is 5.15. The summed E-state index contributed by atoms with van der Waals surface area (Å²) in [6.07, 6.45) is 3.48. The van der Waals surface area contributed by atoms with Crippen LogP contribution in [0, 0.1) is 5.92 Å². The van der Waals surface area contributed by atoms with Crippen LogP contribution in [0.15, 0.2) is 46.5 Å². The molecule has 2 amide bonds. The van der Waals surface area contributed by atoms with Crippen molar-refractivity contribution in [3.05, 3.63) is 57.6 Å². The van der Waals surface area contributed by atoms with E-state index in [2.05, 4.69) is 50.6 Å². The van der Waals surface area contributed by atoms with E-state index in [9.17, 15) is 14.4 Å². The molecule has 7 nitrogen and oxygen atoms in total. The van der Waals surface area contributed by atoms with Gasteiger partial charge in [-0.15, -0.1) is 0 Å². The summed E-state index contributed by atoms with van der Waals surface area (Å²) in [4.78, 5) is 39.8. The first-order chi connectivity index (χ1) is 16.8. The molecule has 1 aromatic carbocycles. The van der Waals surface area contributed by atoms with Crippen LogP contribution in [-0.2, 0) is 26.2 Å². The summed E-state index contributed by atoms with van der Waals surface area (Å²) in [5, 5.41) is 4.49. The molecule has 2 aliphatic rings. The van der Waals surface area contributed by atoms with Crippen molar-refractivity contribution in [3.63, 3.8) is 0 Å². The number of amides is 2. The van der Waals surface area contributed by atoms with Gasteiger partial charge in [0.05, 0.1) is 16.4 Å². The Morgan fingerprint density at radius 3 is 2.36 bits per heavy atom. The minimum absolute atomic E-state index is 0.0391. The maximum Gasteiger partial charge on any atom is 0.426 e. The van der Waals surface area contributed by atoms with Crippen molar-refractivity contribution in [2.75, 3.05) is 12.4 Å². The van der Waals surface area contributed by atoms with Gasteiger partial charge >= 0.3 is 6.09 Å². The fourth-order valence-electron chi connectivity index (χ4n) is 4.06. The standard InChI is InChI=1S/C28H39N3O4S/c1-8-9-14-29-25(33)21-16-19(15-18-10-12-20(13-11-18)27(2,3)4)23(32)22-24(21)36-17-31(22)30-26(34)35-28(5,6)7/h10-13,16,19H,8-9,14-15,17H2,1-7H3,(H,29,33)(H,30,34). The van der Waals surface area contributed by atoms with E-state index in [-0.39, 0.29) is 17.1 Å². The number of benzene rings is 1. The summed E-state index contributed by atoms with van der Waals surface area (Å²) >= 11 is 1.37. The lowest BCUT2D eigenvalue weighted by Gasteiger charge is -2.28. The van der Waals surface area contributed by atoms with E-state index in [1.807, 2.05) is 12.1 Å². The van der Waals surface area contributed by atoms with Crippen LogP contribution in [-0.4, -0.2) is 40.8 Å². The molecule has 8 heteroatoms. The second kappa shape index (κ2) is 11.1. The number of Topliss-reactive ketones (excluding diaryl/α,β-unsaturated/α-hetero) is 1. The van der Waals surface area contributed by atoms with Gasteiger partial charge in [-0.1, -0.05) is 76.2 Å². The minimum Gasteiger partial charge on any atom is -0.443 e. The summed E-state index contributed by atoms with van der Waals surface area (Å²) in [6, 6.07) is 8.29. The van der Waals surface area contributed by atoms with Gasteiger partial charge in [0.1, 0.15) is 11.3 Å². The van der Waals surface area contributed by atoms with Crippen LogP contribution in [0.5, 0.6) is 0 Å². The monoisotopic (exact) mass is 513 g/mol. The van der Waals surface area contributed by atoms with Crippen LogP contribution in [0.1, 0.15) is 72.4 Å². The first-order valence-electron chi connectivity index (χ1n) is 12.6. The van der Waals surface area contributed by atoms with Gasteiger partial charge in [0.15, 0.2) is 5.78 Å². The largest absolute Gasteiger partial charge is 0.443 e. The molecule has 1 atom stereocenters. The first kappa shape index (κ1) is 27.8. The summed E-state index contributed by atoms with van der Waals surface area (Å²) in [6.45, 7) is 14.5. The third-order valence-corrected chi connectivity index (χ3v) is 7.06. The fourth-order valence-corrected chi connectivity index (χ4v) is 5.18. The van der Waals surface area contributed by atoms with E-state index in [1.54, 1.807) is 26.8 Å². The third-order valence-electron chi connectivity index (χ3n) is 5.97. The number of unbranched alkanes of at least 4 members (excludes halogenated alkanes) is 1. The lowest BCUT2D eigenvalue weighted by Crippen LogP contribution is -2.45. The van der Waals surface area contributed by atoms with E-state index in [0.717, 1.165) is 18.4 Å². The maximum atomic E-state index is 13.7. The number of allylic oxidation sites excluding steroid dienone is 2. The molecule has 0 fully saturated rings. The number of rotatable bonds is 7. The Kier molecular flexibility index (Phi) is 8.59. The SMILES string of the molecule is CCCCNC(=O)C1=CC(Cc2ccc(C(C)(C)C)cc2)C(=O)C2=C1SCN2NC(=O)OC(C)(C)C. The lowest BCUT2D eigenvalue weighted by molar-refractivity contribution is -0.119. The Hall–Kier alpha value is -2.74. The highest BCUT2D eigenvalue weighted by Crippen LogP contribution is 2.42. The molecule has 2 N–H and O–H groups in total. The van der Waals surface area contributed by atoms with E-state index in [1.165, 1.54) is 22.3 Å². The van der Waals surface area contributed by atoms with Crippen LogP contribution in [0.4, 0.5) is 4.79 Å². The molecule has 1 aromatic rings. The molecule has 0 saturated carbocycles. The number of carbonyl (C=O) groups is 3. The molecule has 1 aliphatic heterocycles. The molecule has 0 bridgehead atoms. The number of ketones is 1. The van der Waals surface area contributed by atoms with E-state index < -0.39 is 17.6 Å². The Bertz CT molecular complexity index is 1060. The molecule has 3 rings (SSSR count). The molecule has 0 saturated heterocycles. The zero-order valence-corrected chi connectivity index (χ0v) is 23.3. The maximum absolute atomic E-state index is 13.7. The van der Waals surface area contributed by atoms with Crippen molar-refractivity contribution >= 4 is 29.5 Å². The third kappa shape index (κ3) is 6.93. The first-order valence-corrected chi connectivity index (χ1v) is 13.6. The predicted molar refractivity (Wildman–Crippen MR) is 144 cm³/mol. The van der Waals surface area contributed by atoms with Gasteiger partial charge in [-0.25, -0.2) is 10.2 Å². The highest BCUT2D eigenvalue weighted by molar-refractivity contribution is 8.03. The van der Waals surface area contributed by atoms with Crippen LogP contribution in [0.3, 0.4) is 0 Å². The molecule has 1 aliphatic carbocycles. The van der Waals surface area contributed by atoms with Crippen LogP contribution in [0.2, 0.25) is 0 Å². The van der Waals surface area contributed by atoms with Crippen LogP contribution < -0.4 is 10.7 Å². The highest BCUT2D eigenvalue weighted by atomic mass is 32.2. The number of hydrogen-bond acceptors (Lipinski definition) is 6. The Morgan fingerprint density at radius 1 is 1.11 bits per heavy atom. The van der Waals surface area contributed by atoms with Gasteiger partial charge in [0.2, 0.25) is 0 Å². The molecule has 196 valence electrons. The predicted octanol–water partition coefficient (Wildman–Crippen LogP) is 5.23. The average molecular weight is 514 g/mol. The van der Waals surface area contributed by atoms with Crippen LogP contribution >= 0.6 is 11.8 Å². The number of nitrogens with zero attached hydrogens (tertiary/aromatic N) is 1. The molecular formula is C28H39N3O4S. The summed E-state index contributed by atoms with van der Waals surface area (Å²) < 4.78 is 5.39. The topological polar surface area (TPSA) is 87.7 Å². The van der Waals surface area contributed by atoms with E-state index >= 15 is 0 Å². The van der Waals surface area contributed by atoms with Gasteiger partial charge in [0.25, 0.3) is 5.91 Å². The highest BCUT2D eigenvalue weighted by Gasteiger charge is 2.40. The van der Waals surface area contributed by atoms with Gasteiger partial charge in [-0.2, -0.15) is 0 Å². The fraction of sp³-hybridized carbons (Fsp3) is 0.536. The smallest absolute Gasteiger partial charge is 0.426 e. The Balaban J connectivity index is 1.88. The van der Waals surface area contributed by atoms with Crippen LogP contribution in [0.25, 0.3) is 0 Å². The van der Waals surface area contributed by atoms with Crippen molar-refractivity contribution in [3.8, 4) is 0 Å². The van der Waals surface area contributed by atoms with Crippen molar-refractivity contribution in [1.82, 2.24) is 15.8 Å². The second-order valence-corrected chi connectivity index (χ2v) is 12.3. The van der Waals surface area contributed by atoms with Gasteiger partial charge in [0, 0.05) is 12.5 Å². The molecular weight excluding hydrogens is 474 g/mol. The van der Waals surface area contributed by atoms with Crippen molar-refractivity contribution in [2.24, 2.45) is 5.92 Å².